The van der Waals surface area contributed by atoms with Crippen LogP contribution in [0.5, 0.6) is 0 Å². The van der Waals surface area contributed by atoms with E-state index < -0.39 is 15.6 Å². The number of hydrogen-bond donors (Lipinski definition) is 3. The van der Waals surface area contributed by atoms with Crippen LogP contribution in [0.4, 0.5) is 0 Å². The van der Waals surface area contributed by atoms with Crippen molar-refractivity contribution in [3.63, 3.8) is 0 Å². The van der Waals surface area contributed by atoms with Crippen molar-refractivity contribution in [3.05, 3.63) is 0 Å². The molecule has 22 heavy (non-hydrogen) atoms. The van der Waals surface area contributed by atoms with Gasteiger partial charge in [0.05, 0.1) is 0 Å². The second-order valence-electron chi connectivity index (χ2n) is 5.42. The summed E-state index contributed by atoms with van der Waals surface area (Å²) < 4.78 is 30.6. The van der Waals surface area contributed by atoms with Crippen LogP contribution in [-0.4, -0.2) is 136 Å². The molecule has 0 saturated carbocycles. The second-order valence-corrected chi connectivity index (χ2v) is 8.15. The number of phosphoric acid groups is 2. The molecule has 0 saturated heterocycles. The maximum absolute atomic E-state index is 11.5. The minimum atomic E-state index is -5.08. The van der Waals surface area contributed by atoms with Crippen molar-refractivity contribution >= 4 is 118 Å². The van der Waals surface area contributed by atoms with Gasteiger partial charge in [-0.2, -0.15) is 14.0 Å². The van der Waals surface area contributed by atoms with E-state index in [4.69, 9.17) is 14.4 Å². The molecule has 1 atom stereocenters. The Bertz CT molecular complexity index is 366. The summed E-state index contributed by atoms with van der Waals surface area (Å²) in [7, 11) is -9.91. The van der Waals surface area contributed by atoms with Crippen LogP contribution in [0.2, 0.25) is 0 Å². The van der Waals surface area contributed by atoms with E-state index in [2.05, 4.69) is 4.31 Å². The van der Waals surface area contributed by atoms with Gasteiger partial charge in [-0.1, -0.05) is 27.7 Å². The zero-order valence-electron chi connectivity index (χ0n) is 12.3. The monoisotopic (exact) mass is 413 g/mol. The van der Waals surface area contributed by atoms with Crippen molar-refractivity contribution in [2.24, 2.45) is 11.8 Å². The Morgan fingerprint density at radius 3 is 1.55 bits per heavy atom. The first-order valence-corrected chi connectivity index (χ1v) is 9.48. The van der Waals surface area contributed by atoms with Gasteiger partial charge in [-0.15, -0.1) is 0 Å². The van der Waals surface area contributed by atoms with Crippen molar-refractivity contribution in [1.29, 1.82) is 0 Å². The van der Waals surface area contributed by atoms with E-state index in [0.29, 0.717) is 37.8 Å². The van der Waals surface area contributed by atoms with Crippen molar-refractivity contribution in [2.45, 2.75) is 40.5 Å². The fourth-order valence-electron chi connectivity index (χ4n) is 1.29. The van der Waals surface area contributed by atoms with E-state index in [0.717, 1.165) is 0 Å². The van der Waals surface area contributed by atoms with Crippen LogP contribution in [-0.2, 0) is 18.1 Å². The Labute approximate surface area is 217 Å². The van der Waals surface area contributed by atoms with Gasteiger partial charge >= 0.3 is 118 Å². The SMILES string of the molecule is CC(C)CCN(CCC(C)C)OP(=O)(O)OP(=O)(O)O.[KH].[KH]. The van der Waals surface area contributed by atoms with E-state index in [1.807, 2.05) is 27.7 Å². The van der Waals surface area contributed by atoms with E-state index in [1.54, 1.807) is 0 Å². The third-order valence-corrected chi connectivity index (χ3v) is 4.45. The first kappa shape index (κ1) is 30.2. The quantitative estimate of drug-likeness (QED) is 0.278. The first-order valence-electron chi connectivity index (χ1n) is 6.45. The van der Waals surface area contributed by atoms with Gasteiger partial charge in [0.25, 0.3) is 0 Å². The van der Waals surface area contributed by atoms with Crippen LogP contribution < -0.4 is 0 Å². The van der Waals surface area contributed by atoms with Crippen LogP contribution in [0.25, 0.3) is 0 Å². The van der Waals surface area contributed by atoms with E-state index in [-0.39, 0.29) is 103 Å². The van der Waals surface area contributed by atoms with E-state index in [9.17, 15) is 14.0 Å². The molecule has 0 aliphatic carbocycles. The standard InChI is InChI=1S/C10H25NO7P2.2K.2H/c1-9(2)5-7-11(8-6-10(3)4)17-20(15,16)18-19(12,13)14;;;;/h9-10H,5-8H2,1-4H3,(H,15,16)(H2,12,13,14);;;;. The van der Waals surface area contributed by atoms with Gasteiger partial charge in [-0.25, -0.2) is 9.13 Å². The fourth-order valence-corrected chi connectivity index (χ4v) is 2.94. The van der Waals surface area contributed by atoms with Gasteiger partial charge in [0, 0.05) is 13.1 Å². The van der Waals surface area contributed by atoms with Crippen LogP contribution in [0.3, 0.4) is 0 Å². The molecule has 0 aromatic carbocycles. The molecule has 0 aliphatic heterocycles. The predicted molar refractivity (Wildman–Crippen MR) is 88.8 cm³/mol. The molecule has 0 spiro atoms. The van der Waals surface area contributed by atoms with Gasteiger partial charge in [0.15, 0.2) is 0 Å². The van der Waals surface area contributed by atoms with Crippen LogP contribution in [0.15, 0.2) is 0 Å². The van der Waals surface area contributed by atoms with E-state index in [1.165, 1.54) is 5.06 Å². The van der Waals surface area contributed by atoms with Crippen molar-refractivity contribution < 1.29 is 32.7 Å². The molecule has 0 aromatic heterocycles. The molecule has 8 nitrogen and oxygen atoms in total. The zero-order valence-corrected chi connectivity index (χ0v) is 14.1. The molecule has 0 fully saturated rings. The predicted octanol–water partition coefficient (Wildman–Crippen LogP) is 1.22. The summed E-state index contributed by atoms with van der Waals surface area (Å²) in [6.07, 6.45) is 1.43. The molecule has 0 bridgehead atoms. The molecule has 1 unspecified atom stereocenters. The van der Waals surface area contributed by atoms with Crippen LogP contribution >= 0.6 is 15.6 Å². The molecule has 3 N–H and O–H groups in total. The Hall–Kier alpha value is 3.49. The number of rotatable bonds is 10. The fraction of sp³-hybridized carbons (Fsp3) is 1.00. The minimum absolute atomic E-state index is 0. The first-order chi connectivity index (χ1) is 8.91. The average molecular weight is 413 g/mol. The van der Waals surface area contributed by atoms with Gasteiger partial charge in [0.1, 0.15) is 0 Å². The van der Waals surface area contributed by atoms with E-state index >= 15 is 0 Å². The molecule has 0 heterocycles. The average Bonchev–Trinajstić information content (AvgIpc) is 2.17. The molecule has 0 rings (SSSR count). The Morgan fingerprint density at radius 2 is 1.27 bits per heavy atom. The molecular formula is C10H27K2NO7P2. The third-order valence-electron chi connectivity index (χ3n) is 2.34. The molecule has 126 valence electrons. The summed E-state index contributed by atoms with van der Waals surface area (Å²) in [5.41, 5.74) is 0. The third kappa shape index (κ3) is 19.8. The molecular weight excluding hydrogens is 386 g/mol. The molecule has 0 amide bonds. The topological polar surface area (TPSA) is 117 Å². The van der Waals surface area contributed by atoms with Crippen molar-refractivity contribution in [2.75, 3.05) is 13.1 Å². The summed E-state index contributed by atoms with van der Waals surface area (Å²) in [6.45, 7) is 8.71. The number of nitrogens with zero attached hydrogens (tertiary/aromatic N) is 1. The van der Waals surface area contributed by atoms with Crippen molar-refractivity contribution in [3.8, 4) is 0 Å². The van der Waals surface area contributed by atoms with Crippen LogP contribution in [0, 0.1) is 11.8 Å². The van der Waals surface area contributed by atoms with Gasteiger partial charge < -0.3 is 14.7 Å². The zero-order chi connectivity index (χ0) is 16.0. The van der Waals surface area contributed by atoms with Gasteiger partial charge in [0.2, 0.25) is 0 Å². The maximum atomic E-state index is 11.5. The summed E-state index contributed by atoms with van der Waals surface area (Å²) in [6, 6.07) is 0. The van der Waals surface area contributed by atoms with Crippen molar-refractivity contribution in [1.82, 2.24) is 5.06 Å². The molecule has 0 aliphatic rings. The Kier molecular flexibility index (Phi) is 20.0. The summed E-state index contributed by atoms with van der Waals surface area (Å²) >= 11 is 0. The Balaban J connectivity index is -0.00000180. The molecule has 12 heteroatoms. The van der Waals surface area contributed by atoms with Gasteiger partial charge in [-0.05, 0) is 24.7 Å². The summed E-state index contributed by atoms with van der Waals surface area (Å²) in [5.74, 6) is 0.724. The molecule has 0 radical (unpaired) electrons. The second kappa shape index (κ2) is 14.5. The normalized spacial score (nSPS) is 14.6. The number of hydrogen-bond acceptors (Lipinski definition) is 5. The van der Waals surface area contributed by atoms with Gasteiger partial charge in [-0.3, -0.25) is 0 Å². The summed E-state index contributed by atoms with van der Waals surface area (Å²) in [5, 5.41) is 1.23. The number of hydroxylamine groups is 2. The molecule has 0 aromatic rings. The van der Waals surface area contributed by atoms with Crippen LogP contribution in [0.1, 0.15) is 40.5 Å². The Morgan fingerprint density at radius 1 is 0.909 bits per heavy atom. The summed E-state index contributed by atoms with van der Waals surface area (Å²) in [4.78, 5) is 26.4.